The third kappa shape index (κ3) is 9.99. The highest BCUT2D eigenvalue weighted by Gasteiger charge is 2.56. The van der Waals surface area contributed by atoms with Crippen LogP contribution in [0.4, 0.5) is 0 Å². The predicted molar refractivity (Wildman–Crippen MR) is 127 cm³/mol. The minimum absolute atomic E-state index is 0.0283. The molecule has 8 N–H and O–H groups in total. The predicted octanol–water partition coefficient (Wildman–Crippen LogP) is 1.42. The van der Waals surface area contributed by atoms with Gasteiger partial charge in [-0.3, -0.25) is 19.2 Å². The number of ether oxygens (including phenoxy) is 2. The molecule has 0 saturated heterocycles. The first kappa shape index (κ1) is 29.9. The molecule has 2 aromatic rings. The van der Waals surface area contributed by atoms with Crippen molar-refractivity contribution in [2.45, 2.75) is 36.8 Å². The molecular formula is C24H30N2O10. The lowest BCUT2D eigenvalue weighted by Gasteiger charge is -2.45. The van der Waals surface area contributed by atoms with E-state index in [0.717, 1.165) is 5.75 Å². The molecule has 0 radical (unpaired) electrons. The molecule has 2 aromatic carbocycles. The Morgan fingerprint density at radius 3 is 1.42 bits per heavy atom. The van der Waals surface area contributed by atoms with Crippen molar-refractivity contribution in [3.05, 3.63) is 60.7 Å². The lowest BCUT2D eigenvalue weighted by molar-refractivity contribution is -0.160. The van der Waals surface area contributed by atoms with Crippen molar-refractivity contribution < 1.29 is 49.1 Å². The number of rotatable bonds is 14. The summed E-state index contributed by atoms with van der Waals surface area (Å²) < 4.78 is 10.8. The van der Waals surface area contributed by atoms with Gasteiger partial charge in [0.15, 0.2) is 0 Å². The Morgan fingerprint density at radius 1 is 0.667 bits per heavy atom. The molecule has 196 valence electrons. The molecule has 0 heterocycles. The molecular weight excluding hydrogens is 476 g/mol. The maximum Gasteiger partial charge on any atom is 0.307 e. The molecule has 0 unspecified atom stereocenters. The fraction of sp³-hybridized carbons (Fsp3) is 0.333. The molecule has 0 spiro atoms. The van der Waals surface area contributed by atoms with Crippen LogP contribution in [0.5, 0.6) is 11.5 Å². The third-order valence-electron chi connectivity index (χ3n) is 4.90. The highest BCUT2D eigenvalue weighted by atomic mass is 16.5. The van der Waals surface area contributed by atoms with Crippen molar-refractivity contribution in [2.24, 2.45) is 11.5 Å². The first-order chi connectivity index (χ1) is 16.9. The van der Waals surface area contributed by atoms with Crippen LogP contribution < -0.4 is 20.9 Å². The van der Waals surface area contributed by atoms with Crippen molar-refractivity contribution in [3.63, 3.8) is 0 Å². The summed E-state index contributed by atoms with van der Waals surface area (Å²) in [7, 11) is 0. The summed E-state index contributed by atoms with van der Waals surface area (Å²) in [4.78, 5) is 45.3. The number of carboxylic acid groups (broad SMARTS) is 4. The second-order valence-corrected chi connectivity index (χ2v) is 7.80. The van der Waals surface area contributed by atoms with Gasteiger partial charge in [0.2, 0.25) is 0 Å². The zero-order valence-corrected chi connectivity index (χ0v) is 19.4. The molecule has 36 heavy (non-hydrogen) atoms. The summed E-state index contributed by atoms with van der Waals surface area (Å²) in [6.07, 6.45) is -4.03. The monoisotopic (exact) mass is 506 g/mol. The van der Waals surface area contributed by atoms with Crippen LogP contribution in [0.15, 0.2) is 60.7 Å². The summed E-state index contributed by atoms with van der Waals surface area (Å²) in [6.45, 7) is 1.15. The van der Waals surface area contributed by atoms with Gasteiger partial charge in [0.25, 0.3) is 0 Å². The number of aliphatic carboxylic acids is 4. The lowest BCUT2D eigenvalue weighted by Crippen LogP contribution is -2.67. The van der Waals surface area contributed by atoms with Crippen molar-refractivity contribution in [2.75, 3.05) is 13.2 Å². The summed E-state index contributed by atoms with van der Waals surface area (Å²) in [6, 6.07) is 17.1. The van der Waals surface area contributed by atoms with E-state index in [1.54, 1.807) is 6.07 Å². The van der Waals surface area contributed by atoms with Gasteiger partial charge in [-0.05, 0) is 24.3 Å². The Balaban J connectivity index is 0.000000537. The Labute approximate surface area is 207 Å². The quantitative estimate of drug-likeness (QED) is 0.214. The number of carboxylic acids is 4. The van der Waals surface area contributed by atoms with Gasteiger partial charge in [-0.15, -0.1) is 0 Å². The van der Waals surface area contributed by atoms with Crippen LogP contribution >= 0.6 is 0 Å². The van der Waals surface area contributed by atoms with Crippen LogP contribution in [0.1, 0.15) is 25.7 Å². The topological polar surface area (TPSA) is 220 Å². The first-order valence-corrected chi connectivity index (χ1v) is 10.7. The van der Waals surface area contributed by atoms with Gasteiger partial charge < -0.3 is 41.4 Å². The van der Waals surface area contributed by atoms with E-state index in [1.165, 1.54) is 24.3 Å². The van der Waals surface area contributed by atoms with Crippen LogP contribution in [0.3, 0.4) is 0 Å². The molecule has 2 rings (SSSR count). The third-order valence-corrected chi connectivity index (χ3v) is 4.90. The Morgan fingerprint density at radius 2 is 1.06 bits per heavy atom. The summed E-state index contributed by atoms with van der Waals surface area (Å²) in [5.74, 6) is -5.18. The highest BCUT2D eigenvalue weighted by molar-refractivity contribution is 5.78. The van der Waals surface area contributed by atoms with E-state index in [-0.39, 0.29) is 5.75 Å². The largest absolute Gasteiger partial charge is 0.492 e. The summed E-state index contributed by atoms with van der Waals surface area (Å²) in [5, 5.41) is 36.8. The molecule has 0 atom stereocenters. The number of carbonyl (C=O) groups is 4. The smallest absolute Gasteiger partial charge is 0.307 e. The van der Waals surface area contributed by atoms with Crippen molar-refractivity contribution in [1.82, 2.24) is 0 Å². The molecule has 0 bridgehead atoms. The Hall–Kier alpha value is -4.16. The standard InChI is InChI=1S/C16H19NO9.C8H11NO/c17-15(6-11(18)19,7-12(20)21)16(8-13(22)23,9-14(24)25)26-10-4-2-1-3-5-10;9-6-7-10-8-4-2-1-3-5-8/h1-5H,6-9,17H2,(H,18,19)(H,20,21)(H,22,23)(H,24,25);1-5H,6-7,9H2. The normalized spacial score (nSPS) is 10.9. The molecule has 0 amide bonds. The van der Waals surface area contributed by atoms with E-state index in [2.05, 4.69) is 0 Å². The number of nitrogens with two attached hydrogens (primary N) is 2. The van der Waals surface area contributed by atoms with Crippen molar-refractivity contribution in [1.29, 1.82) is 0 Å². The molecule has 0 aromatic heterocycles. The Kier molecular flexibility index (Phi) is 11.9. The lowest BCUT2D eigenvalue weighted by atomic mass is 9.71. The van der Waals surface area contributed by atoms with Gasteiger partial charge in [0.1, 0.15) is 23.7 Å². The molecule has 0 saturated carbocycles. The van der Waals surface area contributed by atoms with E-state index in [1.807, 2.05) is 30.3 Å². The van der Waals surface area contributed by atoms with E-state index in [0.29, 0.717) is 13.2 Å². The molecule has 0 aliphatic heterocycles. The Bertz CT molecular complexity index is 966. The molecule has 0 aliphatic rings. The maximum atomic E-state index is 11.4. The summed E-state index contributed by atoms with van der Waals surface area (Å²) >= 11 is 0. The van der Waals surface area contributed by atoms with Crippen molar-refractivity contribution >= 4 is 23.9 Å². The van der Waals surface area contributed by atoms with E-state index < -0.39 is 60.7 Å². The maximum absolute atomic E-state index is 11.4. The van der Waals surface area contributed by atoms with Gasteiger partial charge in [-0.2, -0.15) is 0 Å². The molecule has 0 fully saturated rings. The second-order valence-electron chi connectivity index (χ2n) is 7.80. The van der Waals surface area contributed by atoms with Gasteiger partial charge >= 0.3 is 23.9 Å². The number of hydrogen-bond donors (Lipinski definition) is 6. The summed E-state index contributed by atoms with van der Waals surface area (Å²) in [5.41, 5.74) is 6.64. The average Bonchev–Trinajstić information content (AvgIpc) is 2.77. The zero-order valence-electron chi connectivity index (χ0n) is 19.4. The minimum Gasteiger partial charge on any atom is -0.492 e. The number of benzene rings is 2. The average molecular weight is 507 g/mol. The highest BCUT2D eigenvalue weighted by Crippen LogP contribution is 2.38. The fourth-order valence-corrected chi connectivity index (χ4v) is 3.41. The number of para-hydroxylation sites is 2. The van der Waals surface area contributed by atoms with E-state index >= 15 is 0 Å². The van der Waals surface area contributed by atoms with Crippen LogP contribution in [-0.2, 0) is 19.2 Å². The van der Waals surface area contributed by atoms with E-state index in [9.17, 15) is 29.4 Å². The van der Waals surface area contributed by atoms with Crippen LogP contribution in [0.25, 0.3) is 0 Å². The van der Waals surface area contributed by atoms with E-state index in [4.69, 9.17) is 31.2 Å². The van der Waals surface area contributed by atoms with Gasteiger partial charge in [-0.25, -0.2) is 0 Å². The SMILES string of the molecule is NC(CC(=O)O)(CC(=O)O)C(CC(=O)O)(CC(=O)O)Oc1ccccc1.NCCOc1ccccc1. The molecule has 12 nitrogen and oxygen atoms in total. The minimum atomic E-state index is -2.32. The van der Waals surface area contributed by atoms with Crippen LogP contribution in [0, 0.1) is 0 Å². The van der Waals surface area contributed by atoms with Crippen LogP contribution in [0.2, 0.25) is 0 Å². The van der Waals surface area contributed by atoms with Crippen LogP contribution in [-0.4, -0.2) is 68.6 Å². The zero-order chi connectivity index (χ0) is 27.2. The number of hydrogen-bond acceptors (Lipinski definition) is 8. The first-order valence-electron chi connectivity index (χ1n) is 10.7. The van der Waals surface area contributed by atoms with Crippen molar-refractivity contribution in [3.8, 4) is 11.5 Å². The molecule has 0 aliphatic carbocycles. The van der Waals surface area contributed by atoms with Gasteiger partial charge in [0, 0.05) is 6.54 Å². The fourth-order valence-electron chi connectivity index (χ4n) is 3.41. The van der Waals surface area contributed by atoms with Gasteiger partial charge in [-0.1, -0.05) is 36.4 Å². The molecule has 12 heteroatoms. The van der Waals surface area contributed by atoms with Gasteiger partial charge in [0.05, 0.1) is 31.2 Å². The second kappa shape index (κ2) is 14.3.